The van der Waals surface area contributed by atoms with Crippen LogP contribution in [0.3, 0.4) is 0 Å². The third kappa shape index (κ3) is 2.10. The molecule has 1 aliphatic heterocycles. The van der Waals surface area contributed by atoms with E-state index < -0.39 is 0 Å². The van der Waals surface area contributed by atoms with E-state index in [4.69, 9.17) is 11.6 Å². The first kappa shape index (κ1) is 11.5. The molecule has 1 heterocycles. The standard InChI is InChI=1S/C14H19ClN2/c1-9-7-11(15)13-12(8-9)16-17-14(13)10-5-3-2-4-6-10/h2-6,9,11-14,16-17H,7-8H2,1H3. The van der Waals surface area contributed by atoms with Crippen LogP contribution in [0, 0.1) is 11.8 Å². The smallest absolute Gasteiger partial charge is 0.0520 e. The third-order valence-electron chi connectivity index (χ3n) is 4.13. The summed E-state index contributed by atoms with van der Waals surface area (Å²) in [6, 6.07) is 11.5. The summed E-state index contributed by atoms with van der Waals surface area (Å²) in [6.07, 6.45) is 2.36. The summed E-state index contributed by atoms with van der Waals surface area (Å²) in [5, 5.41) is 0.274. The number of halogens is 1. The van der Waals surface area contributed by atoms with Crippen LogP contribution in [0.2, 0.25) is 0 Å². The zero-order valence-corrected chi connectivity index (χ0v) is 10.8. The fourth-order valence-corrected chi connectivity index (χ4v) is 3.96. The fraction of sp³-hybridized carbons (Fsp3) is 0.571. The van der Waals surface area contributed by atoms with Crippen molar-refractivity contribution < 1.29 is 0 Å². The monoisotopic (exact) mass is 250 g/mol. The Labute approximate surface area is 108 Å². The van der Waals surface area contributed by atoms with Crippen LogP contribution in [-0.2, 0) is 0 Å². The molecule has 5 atom stereocenters. The normalized spacial score (nSPS) is 41.2. The van der Waals surface area contributed by atoms with Crippen molar-refractivity contribution in [2.45, 2.75) is 37.2 Å². The Morgan fingerprint density at radius 3 is 2.65 bits per heavy atom. The minimum atomic E-state index is 0.274. The molecule has 2 fully saturated rings. The van der Waals surface area contributed by atoms with Gasteiger partial charge in [0.15, 0.2) is 0 Å². The molecule has 0 bridgehead atoms. The summed E-state index contributed by atoms with van der Waals surface area (Å²) in [4.78, 5) is 0. The summed E-state index contributed by atoms with van der Waals surface area (Å²) in [7, 11) is 0. The number of alkyl halides is 1. The topological polar surface area (TPSA) is 24.1 Å². The van der Waals surface area contributed by atoms with Crippen LogP contribution in [0.4, 0.5) is 0 Å². The zero-order chi connectivity index (χ0) is 11.8. The molecular formula is C14H19ClN2. The van der Waals surface area contributed by atoms with E-state index in [0.717, 1.165) is 12.3 Å². The summed E-state index contributed by atoms with van der Waals surface area (Å²) >= 11 is 6.58. The second kappa shape index (κ2) is 4.60. The van der Waals surface area contributed by atoms with Gasteiger partial charge in [-0.3, -0.25) is 5.43 Å². The minimum Gasteiger partial charge on any atom is -0.254 e. The van der Waals surface area contributed by atoms with Crippen LogP contribution < -0.4 is 10.9 Å². The maximum atomic E-state index is 6.58. The molecule has 2 aliphatic rings. The van der Waals surface area contributed by atoms with Gasteiger partial charge in [0.2, 0.25) is 0 Å². The molecule has 2 N–H and O–H groups in total. The van der Waals surface area contributed by atoms with Crippen molar-refractivity contribution in [1.82, 2.24) is 10.9 Å². The predicted molar refractivity (Wildman–Crippen MR) is 70.8 cm³/mol. The molecular weight excluding hydrogens is 232 g/mol. The van der Waals surface area contributed by atoms with Gasteiger partial charge in [-0.2, -0.15) is 0 Å². The Balaban J connectivity index is 1.85. The van der Waals surface area contributed by atoms with E-state index in [1.54, 1.807) is 0 Å². The Morgan fingerprint density at radius 2 is 1.88 bits per heavy atom. The Hall–Kier alpha value is -0.570. The maximum Gasteiger partial charge on any atom is 0.0520 e. The highest BCUT2D eigenvalue weighted by Gasteiger charge is 2.44. The number of benzene rings is 1. The van der Waals surface area contributed by atoms with Crippen molar-refractivity contribution in [3.8, 4) is 0 Å². The van der Waals surface area contributed by atoms with Gasteiger partial charge < -0.3 is 0 Å². The molecule has 1 aliphatic carbocycles. The summed E-state index contributed by atoms with van der Waals surface area (Å²) in [5.41, 5.74) is 8.21. The largest absolute Gasteiger partial charge is 0.254 e. The van der Waals surface area contributed by atoms with Gasteiger partial charge in [-0.25, -0.2) is 5.43 Å². The molecule has 17 heavy (non-hydrogen) atoms. The summed E-state index contributed by atoms with van der Waals surface area (Å²) < 4.78 is 0. The van der Waals surface area contributed by atoms with E-state index in [1.807, 2.05) is 0 Å². The second-order valence-corrected chi connectivity index (χ2v) is 6.01. The highest BCUT2D eigenvalue weighted by atomic mass is 35.5. The number of hydrazine groups is 1. The molecule has 1 saturated carbocycles. The molecule has 1 saturated heterocycles. The molecule has 0 aromatic heterocycles. The van der Waals surface area contributed by atoms with Crippen LogP contribution in [0.1, 0.15) is 31.4 Å². The number of hydrogen-bond acceptors (Lipinski definition) is 2. The van der Waals surface area contributed by atoms with Crippen LogP contribution in [-0.4, -0.2) is 11.4 Å². The molecule has 1 aromatic carbocycles. The molecule has 3 rings (SSSR count). The lowest BCUT2D eigenvalue weighted by atomic mass is 9.75. The summed E-state index contributed by atoms with van der Waals surface area (Å²) in [6.45, 7) is 2.29. The van der Waals surface area contributed by atoms with Crippen molar-refractivity contribution in [2.24, 2.45) is 11.8 Å². The highest BCUT2D eigenvalue weighted by Crippen LogP contribution is 2.42. The van der Waals surface area contributed by atoms with Crippen LogP contribution in [0.5, 0.6) is 0 Å². The van der Waals surface area contributed by atoms with Gasteiger partial charge in [-0.1, -0.05) is 37.3 Å². The molecule has 0 amide bonds. The lowest BCUT2D eigenvalue weighted by Gasteiger charge is -2.35. The fourth-order valence-electron chi connectivity index (χ4n) is 3.34. The lowest BCUT2D eigenvalue weighted by Crippen LogP contribution is -2.40. The van der Waals surface area contributed by atoms with Crippen molar-refractivity contribution in [1.29, 1.82) is 0 Å². The molecule has 2 nitrogen and oxygen atoms in total. The van der Waals surface area contributed by atoms with E-state index in [9.17, 15) is 0 Å². The zero-order valence-electron chi connectivity index (χ0n) is 10.1. The Bertz CT molecular complexity index is 381. The van der Waals surface area contributed by atoms with Crippen LogP contribution in [0.25, 0.3) is 0 Å². The van der Waals surface area contributed by atoms with Gasteiger partial charge in [0.25, 0.3) is 0 Å². The quantitative estimate of drug-likeness (QED) is 0.749. The molecule has 5 unspecified atom stereocenters. The van der Waals surface area contributed by atoms with E-state index in [0.29, 0.717) is 18.0 Å². The van der Waals surface area contributed by atoms with Gasteiger partial charge in [0.1, 0.15) is 0 Å². The number of nitrogens with one attached hydrogen (secondary N) is 2. The first-order chi connectivity index (χ1) is 8.25. The van der Waals surface area contributed by atoms with Crippen molar-refractivity contribution >= 4 is 11.6 Å². The van der Waals surface area contributed by atoms with Gasteiger partial charge in [0.05, 0.1) is 6.04 Å². The van der Waals surface area contributed by atoms with Crippen LogP contribution in [0.15, 0.2) is 30.3 Å². The third-order valence-corrected chi connectivity index (χ3v) is 4.60. The van der Waals surface area contributed by atoms with Gasteiger partial charge >= 0.3 is 0 Å². The average Bonchev–Trinajstić information content (AvgIpc) is 2.74. The number of hydrogen-bond donors (Lipinski definition) is 2. The SMILES string of the molecule is CC1CC(Cl)C2C(C1)NNC2c1ccccc1. The first-order valence-corrected chi connectivity index (χ1v) is 6.89. The molecule has 0 spiro atoms. The van der Waals surface area contributed by atoms with Gasteiger partial charge in [-0.05, 0) is 24.3 Å². The van der Waals surface area contributed by atoms with E-state index in [1.165, 1.54) is 12.0 Å². The second-order valence-electron chi connectivity index (χ2n) is 5.45. The van der Waals surface area contributed by atoms with Crippen molar-refractivity contribution in [3.63, 3.8) is 0 Å². The minimum absolute atomic E-state index is 0.274. The summed E-state index contributed by atoms with van der Waals surface area (Å²) in [5.74, 6) is 1.23. The predicted octanol–water partition coefficient (Wildman–Crippen LogP) is 2.86. The molecule has 1 aromatic rings. The molecule has 92 valence electrons. The highest BCUT2D eigenvalue weighted by molar-refractivity contribution is 6.21. The maximum absolute atomic E-state index is 6.58. The Kier molecular flexibility index (Phi) is 3.12. The van der Waals surface area contributed by atoms with Gasteiger partial charge in [-0.15, -0.1) is 11.6 Å². The van der Waals surface area contributed by atoms with E-state index in [-0.39, 0.29) is 5.38 Å². The molecule has 3 heteroatoms. The van der Waals surface area contributed by atoms with Gasteiger partial charge in [0, 0.05) is 17.3 Å². The number of rotatable bonds is 1. The van der Waals surface area contributed by atoms with Crippen molar-refractivity contribution in [2.75, 3.05) is 0 Å². The average molecular weight is 251 g/mol. The van der Waals surface area contributed by atoms with E-state index >= 15 is 0 Å². The first-order valence-electron chi connectivity index (χ1n) is 6.46. The van der Waals surface area contributed by atoms with Crippen LogP contribution >= 0.6 is 11.6 Å². The number of fused-ring (bicyclic) bond motifs is 1. The van der Waals surface area contributed by atoms with E-state index in [2.05, 4.69) is 48.1 Å². The molecule has 0 radical (unpaired) electrons. The van der Waals surface area contributed by atoms with Crippen molar-refractivity contribution in [3.05, 3.63) is 35.9 Å². The Morgan fingerprint density at radius 1 is 1.12 bits per heavy atom. The lowest BCUT2D eigenvalue weighted by molar-refractivity contribution is 0.255.